The molecule has 0 spiro atoms. The van der Waals surface area contributed by atoms with E-state index in [9.17, 15) is 0 Å². The lowest BCUT2D eigenvalue weighted by Gasteiger charge is -2.18. The lowest BCUT2D eigenvalue weighted by Crippen LogP contribution is -2.23. The van der Waals surface area contributed by atoms with E-state index in [4.69, 9.17) is 21.6 Å². The molecule has 0 amide bonds. The van der Waals surface area contributed by atoms with Crippen LogP contribution in [0.5, 0.6) is 5.75 Å². The van der Waals surface area contributed by atoms with Gasteiger partial charge < -0.3 is 10.1 Å². The van der Waals surface area contributed by atoms with Crippen LogP contribution >= 0.6 is 11.6 Å². The maximum absolute atomic E-state index is 8.85. The molecule has 0 bridgehead atoms. The Morgan fingerprint density at radius 3 is 2.80 bits per heavy atom. The fourth-order valence-electron chi connectivity index (χ4n) is 2.10. The van der Waals surface area contributed by atoms with Gasteiger partial charge in [0.05, 0.1) is 12.7 Å². The zero-order valence-corrected chi connectivity index (χ0v) is 12.8. The molecule has 0 aromatic heterocycles. The van der Waals surface area contributed by atoms with Crippen LogP contribution in [-0.2, 0) is 6.54 Å². The normalized spacial score (nSPS) is 15.9. The summed E-state index contributed by atoms with van der Waals surface area (Å²) >= 11 is 6.27. The van der Waals surface area contributed by atoms with Crippen molar-refractivity contribution in [3.05, 3.63) is 28.8 Å². The molecule has 0 atom stereocenters. The Bertz CT molecular complexity index is 504. The van der Waals surface area contributed by atoms with E-state index in [-0.39, 0.29) is 5.41 Å². The molecule has 1 aromatic rings. The number of ether oxygens (including phenoxy) is 1. The summed E-state index contributed by atoms with van der Waals surface area (Å²) in [6, 6.07) is 8.39. The monoisotopic (exact) mass is 292 g/mol. The van der Waals surface area contributed by atoms with Crippen molar-refractivity contribution in [3.63, 3.8) is 0 Å². The smallest absolute Gasteiger partial charge is 0.125 e. The van der Waals surface area contributed by atoms with Gasteiger partial charge in [-0.25, -0.2) is 0 Å². The summed E-state index contributed by atoms with van der Waals surface area (Å²) in [6.07, 6.45) is 2.74. The van der Waals surface area contributed by atoms with Gasteiger partial charge in [0, 0.05) is 35.0 Å². The first-order chi connectivity index (χ1) is 9.56. The third-order valence-corrected chi connectivity index (χ3v) is 4.06. The topological polar surface area (TPSA) is 45.0 Å². The van der Waals surface area contributed by atoms with Crippen LogP contribution in [0.2, 0.25) is 5.02 Å². The van der Waals surface area contributed by atoms with Crippen LogP contribution in [0.3, 0.4) is 0 Å². The molecule has 4 heteroatoms. The average Bonchev–Trinajstić information content (AvgIpc) is 3.16. The van der Waals surface area contributed by atoms with E-state index in [0.29, 0.717) is 25.6 Å². The molecule has 0 unspecified atom stereocenters. The minimum absolute atomic E-state index is 0.0831. The Morgan fingerprint density at radius 1 is 1.45 bits per heavy atom. The number of nitriles is 1. The Morgan fingerprint density at radius 2 is 2.20 bits per heavy atom. The van der Waals surface area contributed by atoms with Crippen molar-refractivity contribution in [1.82, 2.24) is 5.32 Å². The van der Waals surface area contributed by atoms with Gasteiger partial charge in [0.2, 0.25) is 0 Å². The summed E-state index contributed by atoms with van der Waals surface area (Å²) in [5, 5.41) is 12.9. The standard InChI is InChI=1S/C16H21ClN2O/c1-12(2)19-10-13-14(17)4-3-5-15(13)20-11-16(6-7-16)8-9-18/h3-5,12,19H,6-8,10-11H2,1-2H3. The second-order valence-corrected chi connectivity index (χ2v) is 6.28. The molecule has 1 aliphatic carbocycles. The molecule has 1 fully saturated rings. The van der Waals surface area contributed by atoms with Crippen LogP contribution in [0.4, 0.5) is 0 Å². The number of nitrogens with one attached hydrogen (secondary N) is 1. The highest BCUT2D eigenvalue weighted by atomic mass is 35.5. The molecule has 1 saturated carbocycles. The number of benzene rings is 1. The van der Waals surface area contributed by atoms with Crippen LogP contribution in [0.15, 0.2) is 18.2 Å². The summed E-state index contributed by atoms with van der Waals surface area (Å²) in [4.78, 5) is 0. The maximum atomic E-state index is 8.85. The zero-order valence-electron chi connectivity index (χ0n) is 12.1. The maximum Gasteiger partial charge on any atom is 0.125 e. The molecule has 108 valence electrons. The van der Waals surface area contributed by atoms with Crippen LogP contribution in [0, 0.1) is 16.7 Å². The first kappa shape index (κ1) is 15.2. The predicted molar refractivity (Wildman–Crippen MR) is 80.8 cm³/mol. The van der Waals surface area contributed by atoms with Crippen LogP contribution < -0.4 is 10.1 Å². The summed E-state index contributed by atoms with van der Waals surface area (Å²) < 4.78 is 5.95. The van der Waals surface area contributed by atoms with Crippen molar-refractivity contribution in [3.8, 4) is 11.8 Å². The van der Waals surface area contributed by atoms with E-state index in [1.165, 1.54) is 0 Å². The predicted octanol–water partition coefficient (Wildman–Crippen LogP) is 3.91. The lowest BCUT2D eigenvalue weighted by molar-refractivity contribution is 0.234. The molecule has 2 rings (SSSR count). The van der Waals surface area contributed by atoms with E-state index in [0.717, 1.165) is 29.2 Å². The van der Waals surface area contributed by atoms with Crippen molar-refractivity contribution in [2.75, 3.05) is 6.61 Å². The van der Waals surface area contributed by atoms with Crippen molar-refractivity contribution in [2.24, 2.45) is 5.41 Å². The van der Waals surface area contributed by atoms with Crippen molar-refractivity contribution in [2.45, 2.75) is 45.7 Å². The van der Waals surface area contributed by atoms with Gasteiger partial charge in [0.15, 0.2) is 0 Å². The van der Waals surface area contributed by atoms with Crippen LogP contribution in [-0.4, -0.2) is 12.6 Å². The number of nitrogens with zero attached hydrogens (tertiary/aromatic N) is 1. The van der Waals surface area contributed by atoms with Gasteiger partial charge in [-0.15, -0.1) is 0 Å². The van der Waals surface area contributed by atoms with Gasteiger partial charge in [-0.2, -0.15) is 5.26 Å². The molecule has 1 aromatic carbocycles. The zero-order chi connectivity index (χ0) is 14.6. The third kappa shape index (κ3) is 3.88. The number of hydrogen-bond acceptors (Lipinski definition) is 3. The molecular formula is C16H21ClN2O. The van der Waals surface area contributed by atoms with Crippen LogP contribution in [0.25, 0.3) is 0 Å². The summed E-state index contributed by atoms with van der Waals surface area (Å²) in [7, 11) is 0. The second-order valence-electron chi connectivity index (χ2n) is 5.88. The van der Waals surface area contributed by atoms with Gasteiger partial charge >= 0.3 is 0 Å². The van der Waals surface area contributed by atoms with E-state index in [1.807, 2.05) is 18.2 Å². The van der Waals surface area contributed by atoms with E-state index < -0.39 is 0 Å². The van der Waals surface area contributed by atoms with Gasteiger partial charge in [0.1, 0.15) is 5.75 Å². The molecule has 0 heterocycles. The Labute approximate surface area is 125 Å². The number of hydrogen-bond donors (Lipinski definition) is 1. The second kappa shape index (κ2) is 6.47. The summed E-state index contributed by atoms with van der Waals surface area (Å²) in [5.74, 6) is 0.829. The Kier molecular flexibility index (Phi) is 4.91. The number of rotatable bonds is 7. The molecule has 0 saturated heterocycles. The van der Waals surface area contributed by atoms with Crippen molar-refractivity contribution < 1.29 is 4.74 Å². The van der Waals surface area contributed by atoms with Gasteiger partial charge in [-0.1, -0.05) is 31.5 Å². The molecular weight excluding hydrogens is 272 g/mol. The van der Waals surface area contributed by atoms with Crippen LogP contribution in [0.1, 0.15) is 38.7 Å². The third-order valence-electron chi connectivity index (χ3n) is 3.71. The Hall–Kier alpha value is -1.24. The Balaban J connectivity index is 2.03. The molecule has 0 aliphatic heterocycles. The minimum Gasteiger partial charge on any atom is -0.493 e. The fraction of sp³-hybridized carbons (Fsp3) is 0.562. The SMILES string of the molecule is CC(C)NCc1c(Cl)cccc1OCC1(CC#N)CC1. The van der Waals surface area contributed by atoms with Gasteiger partial charge in [-0.05, 0) is 25.0 Å². The highest BCUT2D eigenvalue weighted by Crippen LogP contribution is 2.48. The van der Waals surface area contributed by atoms with Crippen molar-refractivity contribution in [1.29, 1.82) is 5.26 Å². The minimum atomic E-state index is 0.0831. The lowest BCUT2D eigenvalue weighted by atomic mass is 10.1. The van der Waals surface area contributed by atoms with E-state index >= 15 is 0 Å². The first-order valence-corrected chi connectivity index (χ1v) is 7.45. The molecule has 20 heavy (non-hydrogen) atoms. The van der Waals surface area contributed by atoms with Gasteiger partial charge in [0.25, 0.3) is 0 Å². The summed E-state index contributed by atoms with van der Waals surface area (Å²) in [6.45, 7) is 5.50. The van der Waals surface area contributed by atoms with Gasteiger partial charge in [-0.3, -0.25) is 0 Å². The average molecular weight is 293 g/mol. The quantitative estimate of drug-likeness (QED) is 0.829. The van der Waals surface area contributed by atoms with E-state index in [1.54, 1.807) is 0 Å². The molecule has 1 N–H and O–H groups in total. The number of halogens is 1. The highest BCUT2D eigenvalue weighted by Gasteiger charge is 2.43. The molecule has 0 radical (unpaired) electrons. The van der Waals surface area contributed by atoms with Crippen molar-refractivity contribution >= 4 is 11.6 Å². The first-order valence-electron chi connectivity index (χ1n) is 7.07. The van der Waals surface area contributed by atoms with E-state index in [2.05, 4.69) is 25.2 Å². The molecule has 1 aliphatic rings. The fourth-order valence-corrected chi connectivity index (χ4v) is 2.33. The molecule has 3 nitrogen and oxygen atoms in total. The summed E-state index contributed by atoms with van der Waals surface area (Å²) in [5.41, 5.74) is 1.08. The largest absolute Gasteiger partial charge is 0.493 e. The highest BCUT2D eigenvalue weighted by molar-refractivity contribution is 6.31.